The van der Waals surface area contributed by atoms with E-state index in [1.165, 1.54) is 30.9 Å². The Hall–Kier alpha value is -5.65. The third kappa shape index (κ3) is 3.94. The van der Waals surface area contributed by atoms with Crippen molar-refractivity contribution in [3.8, 4) is 39.9 Å². The zero-order chi connectivity index (χ0) is 29.0. The van der Waals surface area contributed by atoms with E-state index in [1.54, 1.807) is 11.3 Å². The number of fused-ring (bicyclic) bond motifs is 6. The topological polar surface area (TPSA) is 43.6 Å². The molecule has 3 aromatic heterocycles. The van der Waals surface area contributed by atoms with E-state index in [9.17, 15) is 0 Å². The van der Waals surface area contributed by atoms with Crippen molar-refractivity contribution in [1.82, 2.24) is 19.5 Å². The van der Waals surface area contributed by atoms with Crippen molar-refractivity contribution in [2.45, 2.75) is 0 Å². The van der Waals surface area contributed by atoms with Crippen LogP contribution in [0.2, 0.25) is 0 Å². The second-order valence-electron chi connectivity index (χ2n) is 10.9. The molecule has 3 heterocycles. The van der Waals surface area contributed by atoms with Crippen LogP contribution >= 0.6 is 11.3 Å². The van der Waals surface area contributed by atoms with Crippen LogP contribution in [0.15, 0.2) is 146 Å². The number of hydrogen-bond acceptors (Lipinski definition) is 4. The lowest BCUT2D eigenvalue weighted by Crippen LogP contribution is -2.06. The summed E-state index contributed by atoms with van der Waals surface area (Å²) in [5.41, 5.74) is 6.36. The molecule has 0 spiro atoms. The van der Waals surface area contributed by atoms with Crippen molar-refractivity contribution in [3.63, 3.8) is 0 Å². The van der Waals surface area contributed by atoms with Gasteiger partial charge < -0.3 is 0 Å². The minimum absolute atomic E-state index is 0.602. The first-order valence-electron chi connectivity index (χ1n) is 14.6. The predicted molar refractivity (Wildman–Crippen MR) is 183 cm³/mol. The molecule has 6 aromatic carbocycles. The fraction of sp³-hybridized carbons (Fsp3) is 0. The molecule has 9 aromatic rings. The van der Waals surface area contributed by atoms with Crippen molar-refractivity contribution < 1.29 is 0 Å². The average Bonchev–Trinajstić information content (AvgIpc) is 3.65. The molecule has 0 N–H and O–H groups in total. The summed E-state index contributed by atoms with van der Waals surface area (Å²) >= 11 is 1.79. The SMILES string of the molecule is c1ccc(-c2cccc(-c3nc(-c4cccc5c4sc4ccccc45)nc(-n4c5ccccc5c5ccccc54)n3)c2)cc1. The molecule has 0 saturated heterocycles. The lowest BCUT2D eigenvalue weighted by Gasteiger charge is -2.12. The minimum atomic E-state index is 0.602. The molecular formula is C39H24N4S. The molecule has 0 amide bonds. The van der Waals surface area contributed by atoms with Gasteiger partial charge in [-0.05, 0) is 41.5 Å². The Morgan fingerprint density at radius 1 is 0.432 bits per heavy atom. The van der Waals surface area contributed by atoms with Gasteiger partial charge in [-0.25, -0.2) is 4.98 Å². The third-order valence-electron chi connectivity index (χ3n) is 8.28. The van der Waals surface area contributed by atoms with Crippen LogP contribution in [0.1, 0.15) is 0 Å². The maximum atomic E-state index is 5.22. The summed E-state index contributed by atoms with van der Waals surface area (Å²) in [4.78, 5) is 15.6. The molecule has 0 bridgehead atoms. The standard InChI is InChI=1S/C39H24N4S/c1-2-12-25(13-3-1)26-14-10-15-27(24-26)37-40-38(32-20-11-19-31-30-18-6-9-23-35(30)44-36(31)32)42-39(41-37)43-33-21-7-4-16-28(33)29-17-5-8-22-34(29)43/h1-24H. The maximum absolute atomic E-state index is 5.22. The lowest BCUT2D eigenvalue weighted by atomic mass is 10.0. The lowest BCUT2D eigenvalue weighted by molar-refractivity contribution is 0.954. The number of nitrogens with zero attached hydrogens (tertiary/aromatic N) is 4. The highest BCUT2D eigenvalue weighted by Gasteiger charge is 2.19. The molecule has 0 atom stereocenters. The molecule has 0 saturated carbocycles. The first-order valence-corrected chi connectivity index (χ1v) is 15.4. The highest BCUT2D eigenvalue weighted by Crippen LogP contribution is 2.40. The van der Waals surface area contributed by atoms with Crippen LogP contribution in [0.25, 0.3) is 81.8 Å². The average molecular weight is 581 g/mol. The Balaban J connectivity index is 1.34. The van der Waals surface area contributed by atoms with Gasteiger partial charge in [0.1, 0.15) is 0 Å². The first-order chi connectivity index (χ1) is 21.8. The third-order valence-corrected chi connectivity index (χ3v) is 9.50. The van der Waals surface area contributed by atoms with Gasteiger partial charge in [-0.3, -0.25) is 4.57 Å². The fourth-order valence-electron chi connectivity index (χ4n) is 6.24. The monoisotopic (exact) mass is 580 g/mol. The molecule has 0 radical (unpaired) electrons. The maximum Gasteiger partial charge on any atom is 0.238 e. The summed E-state index contributed by atoms with van der Waals surface area (Å²) in [7, 11) is 0. The van der Waals surface area contributed by atoms with Gasteiger partial charge in [0.05, 0.1) is 11.0 Å². The molecule has 206 valence electrons. The first kappa shape index (κ1) is 24.9. The smallest absolute Gasteiger partial charge is 0.238 e. The Kier molecular flexibility index (Phi) is 5.64. The number of hydrogen-bond donors (Lipinski definition) is 0. The van der Waals surface area contributed by atoms with Crippen molar-refractivity contribution >= 4 is 53.3 Å². The summed E-state index contributed by atoms with van der Waals surface area (Å²) in [5.74, 6) is 1.91. The van der Waals surface area contributed by atoms with E-state index in [2.05, 4.69) is 144 Å². The second kappa shape index (κ2) is 9.97. The van der Waals surface area contributed by atoms with E-state index in [0.717, 1.165) is 33.3 Å². The van der Waals surface area contributed by atoms with Gasteiger partial charge in [-0.15, -0.1) is 11.3 Å². The van der Waals surface area contributed by atoms with E-state index in [0.29, 0.717) is 17.6 Å². The molecule has 5 heteroatoms. The number of rotatable bonds is 4. The normalized spacial score (nSPS) is 11.6. The van der Waals surface area contributed by atoms with Gasteiger partial charge in [0.25, 0.3) is 0 Å². The molecule has 44 heavy (non-hydrogen) atoms. The van der Waals surface area contributed by atoms with Crippen LogP contribution in [-0.2, 0) is 0 Å². The van der Waals surface area contributed by atoms with Gasteiger partial charge in [-0.1, -0.05) is 115 Å². The summed E-state index contributed by atoms with van der Waals surface area (Å²) in [6.07, 6.45) is 0. The zero-order valence-electron chi connectivity index (χ0n) is 23.6. The Labute approximate surface area is 257 Å². The van der Waals surface area contributed by atoms with E-state index < -0.39 is 0 Å². The van der Waals surface area contributed by atoms with Gasteiger partial charge in [0.15, 0.2) is 11.6 Å². The van der Waals surface area contributed by atoms with Crippen molar-refractivity contribution in [3.05, 3.63) is 146 Å². The van der Waals surface area contributed by atoms with Crippen LogP contribution < -0.4 is 0 Å². The largest absolute Gasteiger partial charge is 0.278 e. The van der Waals surface area contributed by atoms with E-state index in [-0.39, 0.29) is 0 Å². The fourth-order valence-corrected chi connectivity index (χ4v) is 7.46. The Morgan fingerprint density at radius 2 is 1.02 bits per heavy atom. The number of benzene rings is 6. The second-order valence-corrected chi connectivity index (χ2v) is 11.9. The van der Waals surface area contributed by atoms with Gasteiger partial charge in [-0.2, -0.15) is 9.97 Å². The molecular weight excluding hydrogens is 557 g/mol. The molecule has 9 rings (SSSR count). The molecule has 4 nitrogen and oxygen atoms in total. The van der Waals surface area contributed by atoms with Gasteiger partial charge in [0.2, 0.25) is 5.95 Å². The molecule has 0 fully saturated rings. The molecule has 0 aliphatic carbocycles. The van der Waals surface area contributed by atoms with Crippen LogP contribution in [0, 0.1) is 0 Å². The number of thiophene rings is 1. The van der Waals surface area contributed by atoms with Crippen LogP contribution in [0.4, 0.5) is 0 Å². The summed E-state index contributed by atoms with van der Waals surface area (Å²) < 4.78 is 4.60. The Bertz CT molecular complexity index is 2460. The van der Waals surface area contributed by atoms with Gasteiger partial charge >= 0.3 is 0 Å². The van der Waals surface area contributed by atoms with Crippen molar-refractivity contribution in [2.75, 3.05) is 0 Å². The zero-order valence-corrected chi connectivity index (χ0v) is 24.4. The molecule has 0 unspecified atom stereocenters. The van der Waals surface area contributed by atoms with E-state index in [1.807, 2.05) is 6.07 Å². The minimum Gasteiger partial charge on any atom is -0.278 e. The van der Waals surface area contributed by atoms with Crippen LogP contribution in [0.3, 0.4) is 0 Å². The van der Waals surface area contributed by atoms with E-state index >= 15 is 0 Å². The van der Waals surface area contributed by atoms with E-state index in [4.69, 9.17) is 15.0 Å². The van der Waals surface area contributed by atoms with Crippen molar-refractivity contribution in [2.24, 2.45) is 0 Å². The summed E-state index contributed by atoms with van der Waals surface area (Å²) in [5, 5.41) is 4.81. The molecule has 0 aliphatic rings. The van der Waals surface area contributed by atoms with Crippen LogP contribution in [-0.4, -0.2) is 19.5 Å². The quantitative estimate of drug-likeness (QED) is 0.208. The summed E-state index contributed by atoms with van der Waals surface area (Å²) in [6, 6.07) is 50.8. The summed E-state index contributed by atoms with van der Waals surface area (Å²) in [6.45, 7) is 0. The Morgan fingerprint density at radius 3 is 1.82 bits per heavy atom. The highest BCUT2D eigenvalue weighted by atomic mass is 32.1. The number of aromatic nitrogens is 4. The molecule has 0 aliphatic heterocycles. The predicted octanol–water partition coefficient (Wildman–Crippen LogP) is 10.3. The number of para-hydroxylation sites is 2. The van der Waals surface area contributed by atoms with Crippen LogP contribution in [0.5, 0.6) is 0 Å². The highest BCUT2D eigenvalue weighted by molar-refractivity contribution is 7.26. The van der Waals surface area contributed by atoms with Crippen molar-refractivity contribution in [1.29, 1.82) is 0 Å². The van der Waals surface area contributed by atoms with Gasteiger partial charge in [0, 0.05) is 42.1 Å².